The van der Waals surface area contributed by atoms with Crippen LogP contribution in [0.25, 0.3) is 0 Å². The second kappa shape index (κ2) is 3.89. The molecule has 1 fully saturated rings. The van der Waals surface area contributed by atoms with Gasteiger partial charge in [-0.05, 0) is 44.1 Å². The highest BCUT2D eigenvalue weighted by Gasteiger charge is 2.40. The van der Waals surface area contributed by atoms with Gasteiger partial charge in [0.1, 0.15) is 17.1 Å². The molecule has 0 aliphatic carbocycles. The van der Waals surface area contributed by atoms with E-state index >= 15 is 0 Å². The van der Waals surface area contributed by atoms with Crippen molar-refractivity contribution >= 4 is 0 Å². The summed E-state index contributed by atoms with van der Waals surface area (Å²) in [6.45, 7) is 1.97. The smallest absolute Gasteiger partial charge is 0.125 e. The number of phenols is 1. The number of rotatable bonds is 0. The van der Waals surface area contributed by atoms with Crippen LogP contribution >= 0.6 is 0 Å². The lowest BCUT2D eigenvalue weighted by Gasteiger charge is -2.43. The second-order valence-corrected chi connectivity index (χ2v) is 5.07. The molecule has 1 spiro atoms. The maximum Gasteiger partial charge on any atom is 0.125 e. The van der Waals surface area contributed by atoms with Crippen molar-refractivity contribution in [3.63, 3.8) is 0 Å². The van der Waals surface area contributed by atoms with Crippen molar-refractivity contribution in [3.05, 3.63) is 23.8 Å². The van der Waals surface area contributed by atoms with E-state index in [0.29, 0.717) is 0 Å². The van der Waals surface area contributed by atoms with E-state index in [1.807, 2.05) is 6.07 Å². The summed E-state index contributed by atoms with van der Waals surface area (Å²) in [6.07, 6.45) is 2.84. The average Bonchev–Trinajstić information content (AvgIpc) is 2.31. The summed E-state index contributed by atoms with van der Waals surface area (Å²) in [6, 6.07) is 5.16. The van der Waals surface area contributed by atoms with Gasteiger partial charge in [0.05, 0.1) is 0 Å². The van der Waals surface area contributed by atoms with Crippen molar-refractivity contribution in [3.8, 4) is 11.5 Å². The van der Waals surface area contributed by atoms with E-state index in [1.165, 1.54) is 0 Å². The fraction of sp³-hybridized carbons (Fsp3) is 0.538. The van der Waals surface area contributed by atoms with Crippen LogP contribution < -0.4 is 15.8 Å². The zero-order valence-electron chi connectivity index (χ0n) is 9.78. The molecule has 2 aliphatic rings. The Morgan fingerprint density at radius 3 is 2.88 bits per heavy atom. The fourth-order valence-electron chi connectivity index (χ4n) is 2.89. The van der Waals surface area contributed by atoms with Crippen LogP contribution in [0.4, 0.5) is 0 Å². The number of ether oxygens (including phenoxy) is 1. The predicted octanol–water partition coefficient (Wildman–Crippen LogP) is 1.30. The summed E-state index contributed by atoms with van der Waals surface area (Å²) in [7, 11) is 0. The first-order valence-corrected chi connectivity index (χ1v) is 6.17. The van der Waals surface area contributed by atoms with Crippen molar-refractivity contribution in [2.24, 2.45) is 5.73 Å². The molecule has 2 aliphatic heterocycles. The van der Waals surface area contributed by atoms with Gasteiger partial charge in [-0.1, -0.05) is 0 Å². The Labute approximate surface area is 101 Å². The van der Waals surface area contributed by atoms with Crippen LogP contribution in [0.5, 0.6) is 11.5 Å². The fourth-order valence-corrected chi connectivity index (χ4v) is 2.89. The van der Waals surface area contributed by atoms with E-state index in [0.717, 1.165) is 43.7 Å². The van der Waals surface area contributed by atoms with E-state index in [4.69, 9.17) is 10.5 Å². The Bertz CT molecular complexity index is 427. The van der Waals surface area contributed by atoms with Crippen molar-refractivity contribution in [1.82, 2.24) is 5.32 Å². The molecule has 0 bridgehead atoms. The van der Waals surface area contributed by atoms with Crippen LogP contribution in [0.3, 0.4) is 0 Å². The molecule has 17 heavy (non-hydrogen) atoms. The van der Waals surface area contributed by atoms with Crippen LogP contribution in [-0.4, -0.2) is 23.8 Å². The Kier molecular flexibility index (Phi) is 2.49. The monoisotopic (exact) mass is 234 g/mol. The van der Waals surface area contributed by atoms with Gasteiger partial charge in [-0.25, -0.2) is 0 Å². The maximum atomic E-state index is 9.49. The number of hydrogen-bond acceptors (Lipinski definition) is 4. The number of aromatic hydroxyl groups is 1. The standard InChI is InChI=1S/C13H18N2O2/c14-11-8-13(3-5-15-6-4-13)17-12-2-1-9(16)7-10(11)12/h1-2,7,11,15-16H,3-6,8,14H2. The lowest BCUT2D eigenvalue weighted by molar-refractivity contribution is 0.00781. The largest absolute Gasteiger partial charge is 0.508 e. The molecule has 1 saturated heterocycles. The number of hydrogen-bond donors (Lipinski definition) is 3. The number of nitrogens with one attached hydrogen (secondary N) is 1. The van der Waals surface area contributed by atoms with Gasteiger partial charge in [0.15, 0.2) is 0 Å². The third kappa shape index (κ3) is 1.87. The summed E-state index contributed by atoms with van der Waals surface area (Å²) in [5, 5.41) is 12.8. The topological polar surface area (TPSA) is 67.5 Å². The van der Waals surface area contributed by atoms with Crippen LogP contribution in [0.1, 0.15) is 30.9 Å². The zero-order chi connectivity index (χ0) is 11.9. The van der Waals surface area contributed by atoms with Crippen LogP contribution in [0, 0.1) is 0 Å². The lowest BCUT2D eigenvalue weighted by atomic mass is 9.81. The number of benzene rings is 1. The van der Waals surface area contributed by atoms with Gasteiger partial charge in [0.2, 0.25) is 0 Å². The quantitative estimate of drug-likeness (QED) is 0.633. The first-order chi connectivity index (χ1) is 8.19. The van der Waals surface area contributed by atoms with E-state index < -0.39 is 0 Å². The molecule has 0 amide bonds. The molecular weight excluding hydrogens is 216 g/mol. The van der Waals surface area contributed by atoms with Gasteiger partial charge in [-0.2, -0.15) is 0 Å². The van der Waals surface area contributed by atoms with Gasteiger partial charge in [-0.15, -0.1) is 0 Å². The van der Waals surface area contributed by atoms with E-state index in [1.54, 1.807) is 12.1 Å². The summed E-state index contributed by atoms with van der Waals surface area (Å²) in [5.74, 6) is 1.09. The highest BCUT2D eigenvalue weighted by atomic mass is 16.5. The van der Waals surface area contributed by atoms with E-state index in [-0.39, 0.29) is 17.4 Å². The molecule has 92 valence electrons. The summed E-state index contributed by atoms with van der Waals surface area (Å²) < 4.78 is 6.15. The van der Waals surface area contributed by atoms with Gasteiger partial charge in [0, 0.05) is 18.0 Å². The Morgan fingerprint density at radius 1 is 1.35 bits per heavy atom. The van der Waals surface area contributed by atoms with Crippen molar-refractivity contribution < 1.29 is 9.84 Å². The van der Waals surface area contributed by atoms with Crippen LogP contribution in [0.15, 0.2) is 18.2 Å². The average molecular weight is 234 g/mol. The van der Waals surface area contributed by atoms with E-state index in [2.05, 4.69) is 5.32 Å². The first kappa shape index (κ1) is 10.9. The number of phenolic OH excluding ortho intramolecular Hbond substituents is 1. The third-order valence-electron chi connectivity index (χ3n) is 3.83. The van der Waals surface area contributed by atoms with E-state index in [9.17, 15) is 5.11 Å². The predicted molar refractivity (Wildman–Crippen MR) is 65.1 cm³/mol. The summed E-state index contributed by atoms with van der Waals surface area (Å²) >= 11 is 0. The maximum absolute atomic E-state index is 9.49. The third-order valence-corrected chi connectivity index (χ3v) is 3.83. The summed E-state index contributed by atoms with van der Waals surface area (Å²) in [5.41, 5.74) is 7.03. The molecule has 1 atom stereocenters. The van der Waals surface area contributed by atoms with Crippen molar-refractivity contribution in [1.29, 1.82) is 0 Å². The lowest BCUT2D eigenvalue weighted by Crippen LogP contribution is -2.50. The molecule has 1 aromatic carbocycles. The molecule has 4 nitrogen and oxygen atoms in total. The Balaban J connectivity index is 1.94. The number of fused-ring (bicyclic) bond motifs is 1. The molecule has 0 saturated carbocycles. The molecule has 4 heteroatoms. The van der Waals surface area contributed by atoms with Gasteiger partial charge in [0.25, 0.3) is 0 Å². The normalized spacial score (nSPS) is 26.3. The second-order valence-electron chi connectivity index (χ2n) is 5.07. The molecular formula is C13H18N2O2. The SMILES string of the molecule is NC1CC2(CCNCC2)Oc2ccc(O)cc21. The van der Waals surface area contributed by atoms with Crippen LogP contribution in [0.2, 0.25) is 0 Å². The van der Waals surface area contributed by atoms with Crippen molar-refractivity contribution in [2.45, 2.75) is 30.9 Å². The summed E-state index contributed by atoms with van der Waals surface area (Å²) in [4.78, 5) is 0. The highest BCUT2D eigenvalue weighted by Crippen LogP contribution is 2.43. The molecule has 4 N–H and O–H groups in total. The van der Waals surface area contributed by atoms with Gasteiger partial charge in [-0.3, -0.25) is 0 Å². The molecule has 0 aromatic heterocycles. The Hall–Kier alpha value is -1.26. The molecule has 0 radical (unpaired) electrons. The number of nitrogens with two attached hydrogens (primary N) is 1. The molecule has 2 heterocycles. The molecule has 1 aromatic rings. The first-order valence-electron chi connectivity index (χ1n) is 6.17. The van der Waals surface area contributed by atoms with Crippen LogP contribution in [-0.2, 0) is 0 Å². The Morgan fingerprint density at radius 2 is 2.12 bits per heavy atom. The van der Waals surface area contributed by atoms with Gasteiger partial charge >= 0.3 is 0 Å². The minimum atomic E-state index is -0.103. The molecule has 1 unspecified atom stereocenters. The van der Waals surface area contributed by atoms with Crippen molar-refractivity contribution in [2.75, 3.05) is 13.1 Å². The number of piperidine rings is 1. The van der Waals surface area contributed by atoms with Gasteiger partial charge < -0.3 is 20.9 Å². The minimum absolute atomic E-state index is 0.0380. The minimum Gasteiger partial charge on any atom is -0.508 e. The highest BCUT2D eigenvalue weighted by molar-refractivity contribution is 5.43. The molecule has 3 rings (SSSR count). The zero-order valence-corrected chi connectivity index (χ0v) is 9.78.